The molecular weight excluding hydrogens is 244 g/mol. The third-order valence-corrected chi connectivity index (χ3v) is 2.83. The number of nitrogens with one attached hydrogen (secondary N) is 2. The molecule has 0 aromatic rings. The zero-order valence-electron chi connectivity index (χ0n) is 8.48. The van der Waals surface area contributed by atoms with Crippen LogP contribution < -0.4 is 10.6 Å². The second-order valence-electron chi connectivity index (χ2n) is 3.73. The van der Waals surface area contributed by atoms with Crippen molar-refractivity contribution < 1.29 is 4.79 Å². The number of piperidine rings is 1. The highest BCUT2D eigenvalue weighted by Crippen LogP contribution is 2.16. The van der Waals surface area contributed by atoms with Gasteiger partial charge in [0.15, 0.2) is 0 Å². The summed E-state index contributed by atoms with van der Waals surface area (Å²) >= 11 is 3.22. The lowest BCUT2D eigenvalue weighted by atomic mass is 9.91. The monoisotopic (exact) mass is 260 g/mol. The molecule has 0 bridgehead atoms. The zero-order valence-corrected chi connectivity index (χ0v) is 10.1. The van der Waals surface area contributed by atoms with E-state index in [-0.39, 0.29) is 17.9 Å². The van der Waals surface area contributed by atoms with Gasteiger partial charge in [0.1, 0.15) is 0 Å². The second-order valence-corrected chi connectivity index (χ2v) is 4.85. The highest BCUT2D eigenvalue weighted by Gasteiger charge is 2.26. The van der Waals surface area contributed by atoms with Gasteiger partial charge in [-0.2, -0.15) is 0 Å². The average molecular weight is 261 g/mol. The summed E-state index contributed by atoms with van der Waals surface area (Å²) in [6, 6.07) is 0.285. The number of rotatable bonds is 3. The third kappa shape index (κ3) is 3.42. The normalized spacial score (nSPS) is 27.0. The van der Waals surface area contributed by atoms with Crippen molar-refractivity contribution in [2.24, 2.45) is 5.92 Å². The minimum absolute atomic E-state index is 0.107. The maximum atomic E-state index is 11.7. The summed E-state index contributed by atoms with van der Waals surface area (Å²) in [6.07, 6.45) is 2.06. The number of hydrogen-bond acceptors (Lipinski definition) is 2. The fraction of sp³-hybridized carbons (Fsp3) is 0.700. The van der Waals surface area contributed by atoms with Gasteiger partial charge in [-0.25, -0.2) is 0 Å². The Morgan fingerprint density at radius 3 is 3.00 bits per heavy atom. The molecule has 1 heterocycles. The van der Waals surface area contributed by atoms with E-state index < -0.39 is 0 Å². The molecule has 2 N–H and O–H groups in total. The molecule has 80 valence electrons. The Hall–Kier alpha value is -0.350. The topological polar surface area (TPSA) is 41.1 Å². The van der Waals surface area contributed by atoms with Crippen LogP contribution in [0.25, 0.3) is 0 Å². The molecule has 3 nitrogen and oxygen atoms in total. The molecule has 0 saturated carbocycles. The van der Waals surface area contributed by atoms with E-state index in [1.807, 2.05) is 0 Å². The molecule has 2 atom stereocenters. The average Bonchev–Trinajstić information content (AvgIpc) is 2.15. The van der Waals surface area contributed by atoms with Crippen LogP contribution in [0.4, 0.5) is 0 Å². The van der Waals surface area contributed by atoms with Gasteiger partial charge < -0.3 is 10.6 Å². The van der Waals surface area contributed by atoms with Gasteiger partial charge >= 0.3 is 0 Å². The maximum Gasteiger partial charge on any atom is 0.224 e. The highest BCUT2D eigenvalue weighted by molar-refractivity contribution is 9.11. The van der Waals surface area contributed by atoms with Crippen LogP contribution in [-0.4, -0.2) is 25.0 Å². The molecule has 0 spiro atoms. The molecule has 0 aromatic heterocycles. The van der Waals surface area contributed by atoms with Crippen molar-refractivity contribution in [1.82, 2.24) is 10.6 Å². The maximum absolute atomic E-state index is 11.7. The first kappa shape index (κ1) is 11.7. The lowest BCUT2D eigenvalue weighted by Crippen LogP contribution is -2.46. The standard InChI is InChI=1S/C10H17BrN2O/c1-7(11)6-13-10(14)9-4-3-5-12-8(9)2/h8-9,12H,1,3-6H2,2H3,(H,13,14)/t8-,9-/m1/s1. The van der Waals surface area contributed by atoms with Gasteiger partial charge in [0.05, 0.1) is 5.92 Å². The Kier molecular flexibility index (Phi) is 4.62. The molecule has 4 heteroatoms. The molecule has 1 rings (SSSR count). The molecule has 0 aromatic carbocycles. The summed E-state index contributed by atoms with van der Waals surface area (Å²) < 4.78 is 0.808. The summed E-state index contributed by atoms with van der Waals surface area (Å²) in [5.74, 6) is 0.237. The zero-order chi connectivity index (χ0) is 10.6. The molecule has 1 aliphatic heterocycles. The van der Waals surface area contributed by atoms with E-state index >= 15 is 0 Å². The molecule has 1 aliphatic rings. The Bertz CT molecular complexity index is 230. The van der Waals surface area contributed by atoms with Crippen molar-refractivity contribution in [3.63, 3.8) is 0 Å². The molecule has 0 unspecified atom stereocenters. The van der Waals surface area contributed by atoms with Crippen LogP contribution in [0.1, 0.15) is 19.8 Å². The molecule has 1 fully saturated rings. The molecule has 0 aliphatic carbocycles. The highest BCUT2D eigenvalue weighted by atomic mass is 79.9. The van der Waals surface area contributed by atoms with Gasteiger partial charge in [0.2, 0.25) is 5.91 Å². The van der Waals surface area contributed by atoms with Crippen molar-refractivity contribution in [2.75, 3.05) is 13.1 Å². The second kappa shape index (κ2) is 5.51. The Labute approximate surface area is 93.5 Å². The number of amides is 1. The van der Waals surface area contributed by atoms with Crippen molar-refractivity contribution in [1.29, 1.82) is 0 Å². The number of hydrogen-bond donors (Lipinski definition) is 2. The van der Waals surface area contributed by atoms with Crippen LogP contribution >= 0.6 is 15.9 Å². The van der Waals surface area contributed by atoms with Crippen LogP contribution in [0, 0.1) is 5.92 Å². The van der Waals surface area contributed by atoms with E-state index in [4.69, 9.17) is 0 Å². The lowest BCUT2D eigenvalue weighted by Gasteiger charge is -2.28. The molecule has 1 saturated heterocycles. The lowest BCUT2D eigenvalue weighted by molar-refractivity contribution is -0.126. The minimum Gasteiger partial charge on any atom is -0.351 e. The van der Waals surface area contributed by atoms with Gasteiger partial charge in [0.25, 0.3) is 0 Å². The fourth-order valence-electron chi connectivity index (χ4n) is 1.72. The fourth-order valence-corrected chi connectivity index (χ4v) is 1.86. The van der Waals surface area contributed by atoms with Crippen LogP contribution in [-0.2, 0) is 4.79 Å². The first-order valence-electron chi connectivity index (χ1n) is 4.95. The SMILES string of the molecule is C=C(Br)CNC(=O)[C@@H]1CCCN[C@@H]1C. The van der Waals surface area contributed by atoms with Crippen LogP contribution in [0.15, 0.2) is 11.1 Å². The number of halogens is 1. The van der Waals surface area contributed by atoms with Gasteiger partial charge in [-0.3, -0.25) is 4.79 Å². The Morgan fingerprint density at radius 1 is 1.71 bits per heavy atom. The van der Waals surface area contributed by atoms with Crippen LogP contribution in [0.2, 0.25) is 0 Å². The van der Waals surface area contributed by atoms with E-state index in [1.54, 1.807) is 0 Å². The van der Waals surface area contributed by atoms with E-state index in [9.17, 15) is 4.79 Å². The van der Waals surface area contributed by atoms with Gasteiger partial charge in [-0.1, -0.05) is 22.5 Å². The molecule has 1 amide bonds. The van der Waals surface area contributed by atoms with Crippen molar-refractivity contribution in [2.45, 2.75) is 25.8 Å². The first-order valence-corrected chi connectivity index (χ1v) is 5.75. The van der Waals surface area contributed by atoms with Crippen LogP contribution in [0.5, 0.6) is 0 Å². The first-order chi connectivity index (χ1) is 6.61. The van der Waals surface area contributed by atoms with Crippen molar-refractivity contribution in [3.8, 4) is 0 Å². The molecule has 0 radical (unpaired) electrons. The quantitative estimate of drug-likeness (QED) is 0.806. The van der Waals surface area contributed by atoms with Gasteiger partial charge in [0, 0.05) is 17.1 Å². The van der Waals surface area contributed by atoms with E-state index in [0.29, 0.717) is 6.54 Å². The predicted molar refractivity (Wildman–Crippen MR) is 61.3 cm³/mol. The van der Waals surface area contributed by atoms with E-state index in [2.05, 4.69) is 40.1 Å². The van der Waals surface area contributed by atoms with Crippen molar-refractivity contribution in [3.05, 3.63) is 11.1 Å². The van der Waals surface area contributed by atoms with Crippen molar-refractivity contribution >= 4 is 21.8 Å². The Morgan fingerprint density at radius 2 is 2.43 bits per heavy atom. The van der Waals surface area contributed by atoms with E-state index in [0.717, 1.165) is 23.9 Å². The number of carbonyl (C=O) groups is 1. The Balaban J connectivity index is 2.38. The van der Waals surface area contributed by atoms with Gasteiger partial charge in [-0.05, 0) is 26.3 Å². The van der Waals surface area contributed by atoms with E-state index in [1.165, 1.54) is 0 Å². The summed E-state index contributed by atoms with van der Waals surface area (Å²) in [4.78, 5) is 11.7. The third-order valence-electron chi connectivity index (χ3n) is 2.55. The summed E-state index contributed by atoms with van der Waals surface area (Å²) in [6.45, 7) is 7.28. The molecule has 14 heavy (non-hydrogen) atoms. The molecular formula is C10H17BrN2O. The summed E-state index contributed by atoms with van der Waals surface area (Å²) in [5.41, 5.74) is 0. The van der Waals surface area contributed by atoms with Crippen LogP contribution in [0.3, 0.4) is 0 Å². The number of carbonyl (C=O) groups excluding carboxylic acids is 1. The largest absolute Gasteiger partial charge is 0.351 e. The summed E-state index contributed by atoms with van der Waals surface area (Å²) in [5, 5.41) is 6.16. The van der Waals surface area contributed by atoms with Gasteiger partial charge in [-0.15, -0.1) is 0 Å². The minimum atomic E-state index is 0.107. The summed E-state index contributed by atoms with van der Waals surface area (Å²) in [7, 11) is 0. The smallest absolute Gasteiger partial charge is 0.224 e. The predicted octanol–water partition coefficient (Wildman–Crippen LogP) is 1.40.